The van der Waals surface area contributed by atoms with Gasteiger partial charge in [0.25, 0.3) is 0 Å². The van der Waals surface area contributed by atoms with Crippen molar-refractivity contribution < 1.29 is 19.0 Å². The zero-order valence-corrected chi connectivity index (χ0v) is 14.5. The van der Waals surface area contributed by atoms with Crippen LogP contribution in [0.4, 0.5) is 0 Å². The molecule has 0 bridgehead atoms. The average molecular weight is 355 g/mol. The van der Waals surface area contributed by atoms with Gasteiger partial charge in [-0.1, -0.05) is 0 Å². The minimum atomic E-state index is -0.342. The third-order valence-electron chi connectivity index (χ3n) is 3.96. The summed E-state index contributed by atoms with van der Waals surface area (Å²) in [5, 5.41) is 2.35. The predicted molar refractivity (Wildman–Crippen MR) is 96.8 cm³/mol. The molecule has 1 aliphatic carbocycles. The number of hydrogen-bond donors (Lipinski definition) is 0. The van der Waals surface area contributed by atoms with E-state index in [9.17, 15) is 4.79 Å². The lowest BCUT2D eigenvalue weighted by atomic mass is 9.90. The molecule has 0 aromatic heterocycles. The van der Waals surface area contributed by atoms with Gasteiger partial charge in [0.15, 0.2) is 0 Å². The van der Waals surface area contributed by atoms with Crippen LogP contribution >= 0.6 is 12.2 Å². The number of aliphatic imine (C=N–C) groups is 1. The first-order valence-corrected chi connectivity index (χ1v) is 8.28. The van der Waals surface area contributed by atoms with Gasteiger partial charge in [-0.2, -0.15) is 0 Å². The first-order chi connectivity index (χ1) is 12.2. The Kier molecular flexibility index (Phi) is 5.43. The largest absolute Gasteiger partial charge is 0.497 e. The average Bonchev–Trinajstić information content (AvgIpc) is 2.61. The molecule has 1 saturated carbocycles. The summed E-state index contributed by atoms with van der Waals surface area (Å²) in [6.07, 6.45) is 1.31. The second-order valence-electron chi connectivity index (χ2n) is 5.67. The Labute approximate surface area is 151 Å². The highest BCUT2D eigenvalue weighted by Crippen LogP contribution is 2.28. The predicted octanol–water partition coefficient (Wildman–Crippen LogP) is 4.28. The van der Waals surface area contributed by atoms with E-state index in [0.717, 1.165) is 5.75 Å². The third-order valence-corrected chi connectivity index (χ3v) is 4.07. The molecule has 1 fully saturated rings. The number of thiocarbonyl (C=S) groups is 1. The molecule has 2 aromatic carbocycles. The first kappa shape index (κ1) is 17.1. The number of rotatable bonds is 6. The van der Waals surface area contributed by atoms with Gasteiger partial charge in [0, 0.05) is 12.8 Å². The molecule has 25 heavy (non-hydrogen) atoms. The number of benzene rings is 2. The number of esters is 1. The maximum atomic E-state index is 12.1. The normalized spacial score (nSPS) is 18.4. The van der Waals surface area contributed by atoms with Crippen LogP contribution in [0.5, 0.6) is 17.2 Å². The van der Waals surface area contributed by atoms with E-state index >= 15 is 0 Å². The van der Waals surface area contributed by atoms with Gasteiger partial charge in [0.05, 0.1) is 23.9 Å². The van der Waals surface area contributed by atoms with Gasteiger partial charge in [-0.05, 0) is 60.7 Å². The minimum Gasteiger partial charge on any atom is -0.497 e. The lowest BCUT2D eigenvalue weighted by molar-refractivity contribution is 0.00360. The second kappa shape index (κ2) is 7.92. The summed E-state index contributed by atoms with van der Waals surface area (Å²) in [6.45, 7) is 0. The van der Waals surface area contributed by atoms with Crippen LogP contribution in [0, 0.1) is 0 Å². The Hall–Kier alpha value is -2.69. The van der Waals surface area contributed by atoms with Crippen LogP contribution in [-0.4, -0.2) is 30.4 Å². The molecule has 0 aliphatic heterocycles. The van der Waals surface area contributed by atoms with Gasteiger partial charge in [0.2, 0.25) is 0 Å². The minimum absolute atomic E-state index is 0.0974. The van der Waals surface area contributed by atoms with Crippen molar-refractivity contribution >= 4 is 23.3 Å². The van der Waals surface area contributed by atoms with Crippen LogP contribution in [0.1, 0.15) is 23.2 Å². The van der Waals surface area contributed by atoms with E-state index < -0.39 is 0 Å². The van der Waals surface area contributed by atoms with Gasteiger partial charge in [0.1, 0.15) is 23.4 Å². The fourth-order valence-electron chi connectivity index (χ4n) is 2.47. The Morgan fingerprint density at radius 1 is 1.04 bits per heavy atom. The van der Waals surface area contributed by atoms with Crippen molar-refractivity contribution in [2.75, 3.05) is 7.11 Å². The van der Waals surface area contributed by atoms with Crippen LogP contribution in [0.25, 0.3) is 0 Å². The fraction of sp³-hybridized carbons (Fsp3) is 0.263. The van der Waals surface area contributed by atoms with E-state index in [2.05, 4.69) is 22.4 Å². The molecule has 0 N–H and O–H groups in total. The van der Waals surface area contributed by atoms with E-state index in [4.69, 9.17) is 14.2 Å². The van der Waals surface area contributed by atoms with Crippen LogP contribution in [0.2, 0.25) is 0 Å². The number of carbonyl (C=O) groups is 1. The topological polar surface area (TPSA) is 57.1 Å². The molecule has 0 atom stereocenters. The van der Waals surface area contributed by atoms with Gasteiger partial charge in [-0.25, -0.2) is 9.79 Å². The van der Waals surface area contributed by atoms with Crippen molar-refractivity contribution in [1.29, 1.82) is 0 Å². The molecule has 5 nitrogen and oxygen atoms in total. The van der Waals surface area contributed by atoms with Crippen molar-refractivity contribution in [3.63, 3.8) is 0 Å². The molecule has 0 unspecified atom stereocenters. The molecule has 2 aromatic rings. The zero-order valence-electron chi connectivity index (χ0n) is 13.7. The van der Waals surface area contributed by atoms with Gasteiger partial charge >= 0.3 is 5.97 Å². The highest BCUT2D eigenvalue weighted by molar-refractivity contribution is 7.78. The standard InChI is InChI=1S/C19H17NO4S/c1-22-15-6-8-17(9-7-15)23-16-4-2-13(3-5-16)19(21)24-18-10-14(11-18)20-12-25/h2-9,14,18H,10-11H2,1H3. The Bertz CT molecular complexity index is 776. The molecule has 0 spiro atoms. The van der Waals surface area contributed by atoms with Crippen LogP contribution < -0.4 is 9.47 Å². The molecule has 0 amide bonds. The molecule has 128 valence electrons. The molecule has 6 heteroatoms. The maximum absolute atomic E-state index is 12.1. The van der Waals surface area contributed by atoms with Crippen molar-refractivity contribution in [2.24, 2.45) is 4.99 Å². The van der Waals surface area contributed by atoms with Crippen LogP contribution in [0.15, 0.2) is 53.5 Å². The van der Waals surface area contributed by atoms with Gasteiger partial charge < -0.3 is 14.2 Å². The monoisotopic (exact) mass is 355 g/mol. The summed E-state index contributed by atoms with van der Waals surface area (Å²) in [5.41, 5.74) is 0.490. The molecule has 0 radical (unpaired) electrons. The molecule has 0 saturated heterocycles. The van der Waals surface area contributed by atoms with Crippen LogP contribution in [-0.2, 0) is 4.74 Å². The van der Waals surface area contributed by atoms with Crippen molar-refractivity contribution in [2.45, 2.75) is 25.0 Å². The molecule has 3 rings (SSSR count). The number of isothiocyanates is 1. The van der Waals surface area contributed by atoms with E-state index in [1.807, 2.05) is 24.3 Å². The highest BCUT2D eigenvalue weighted by atomic mass is 32.1. The number of hydrogen-bond acceptors (Lipinski definition) is 6. The number of carbonyl (C=O) groups excluding carboxylic acids is 1. The summed E-state index contributed by atoms with van der Waals surface area (Å²) in [7, 11) is 1.61. The lowest BCUT2D eigenvalue weighted by Crippen LogP contribution is -2.35. The Balaban J connectivity index is 1.54. The van der Waals surface area contributed by atoms with E-state index in [1.54, 1.807) is 31.4 Å². The van der Waals surface area contributed by atoms with Crippen molar-refractivity contribution in [1.82, 2.24) is 0 Å². The highest BCUT2D eigenvalue weighted by Gasteiger charge is 2.32. The summed E-state index contributed by atoms with van der Waals surface area (Å²) in [6, 6.07) is 14.3. The van der Waals surface area contributed by atoms with Crippen molar-refractivity contribution in [3.8, 4) is 17.2 Å². The quantitative estimate of drug-likeness (QED) is 0.440. The molecular weight excluding hydrogens is 338 g/mol. The van der Waals surface area contributed by atoms with E-state index in [1.165, 1.54) is 0 Å². The zero-order chi connectivity index (χ0) is 17.6. The smallest absolute Gasteiger partial charge is 0.338 e. The summed E-state index contributed by atoms with van der Waals surface area (Å²) in [5.74, 6) is 1.75. The Morgan fingerprint density at radius 2 is 1.60 bits per heavy atom. The van der Waals surface area contributed by atoms with Crippen molar-refractivity contribution in [3.05, 3.63) is 54.1 Å². The number of methoxy groups -OCH3 is 1. The molecule has 1 aliphatic rings. The summed E-state index contributed by atoms with van der Waals surface area (Å²) >= 11 is 4.56. The van der Waals surface area contributed by atoms with Gasteiger partial charge in [-0.15, -0.1) is 0 Å². The molecular formula is C19H17NO4S. The van der Waals surface area contributed by atoms with Crippen LogP contribution in [0.3, 0.4) is 0 Å². The lowest BCUT2D eigenvalue weighted by Gasteiger charge is -2.30. The SMILES string of the molecule is COc1ccc(Oc2ccc(C(=O)OC3CC(N=C=S)C3)cc2)cc1. The summed E-state index contributed by atoms with van der Waals surface area (Å²) in [4.78, 5) is 16.1. The second-order valence-corrected chi connectivity index (χ2v) is 5.86. The van der Waals surface area contributed by atoms with E-state index in [-0.39, 0.29) is 18.1 Å². The van der Waals surface area contributed by atoms with E-state index in [0.29, 0.717) is 29.9 Å². The Morgan fingerprint density at radius 3 is 2.16 bits per heavy atom. The third kappa shape index (κ3) is 4.44. The number of nitrogens with zero attached hydrogens (tertiary/aromatic N) is 1. The molecule has 0 heterocycles. The summed E-state index contributed by atoms with van der Waals surface area (Å²) < 4.78 is 16.3. The first-order valence-electron chi connectivity index (χ1n) is 7.88. The fourth-order valence-corrected chi connectivity index (χ4v) is 2.62. The number of ether oxygens (including phenoxy) is 3. The van der Waals surface area contributed by atoms with Gasteiger partial charge in [-0.3, -0.25) is 0 Å². The maximum Gasteiger partial charge on any atom is 0.338 e.